The SMILES string of the molecule is CCCc1cccc2c(N)c(C#N)cnc12. The van der Waals surface area contributed by atoms with Crippen molar-refractivity contribution in [2.75, 3.05) is 5.73 Å². The standard InChI is InChI=1S/C13H13N3/c1-2-4-9-5-3-6-11-12(15)10(7-14)8-16-13(9)11/h3,5-6,8H,2,4H2,1H3,(H2,15,16). The maximum atomic E-state index is 8.88. The monoisotopic (exact) mass is 211 g/mol. The van der Waals surface area contributed by atoms with Crippen LogP contribution in [0.3, 0.4) is 0 Å². The molecule has 0 unspecified atom stereocenters. The van der Waals surface area contributed by atoms with Crippen LogP contribution in [0.2, 0.25) is 0 Å². The molecule has 0 spiro atoms. The largest absolute Gasteiger partial charge is 0.397 e. The molecule has 3 nitrogen and oxygen atoms in total. The minimum Gasteiger partial charge on any atom is -0.397 e. The fraction of sp³-hybridized carbons (Fsp3) is 0.231. The van der Waals surface area contributed by atoms with E-state index in [1.54, 1.807) is 6.20 Å². The van der Waals surface area contributed by atoms with E-state index in [4.69, 9.17) is 11.0 Å². The summed E-state index contributed by atoms with van der Waals surface area (Å²) in [5, 5.41) is 9.76. The zero-order chi connectivity index (χ0) is 11.5. The third-order valence-electron chi connectivity index (χ3n) is 2.66. The first-order valence-electron chi connectivity index (χ1n) is 5.34. The maximum Gasteiger partial charge on any atom is 0.103 e. The molecule has 0 radical (unpaired) electrons. The van der Waals surface area contributed by atoms with Crippen molar-refractivity contribution >= 4 is 16.6 Å². The summed E-state index contributed by atoms with van der Waals surface area (Å²) in [6, 6.07) is 7.99. The van der Waals surface area contributed by atoms with Gasteiger partial charge in [-0.15, -0.1) is 0 Å². The Hall–Kier alpha value is -2.08. The van der Waals surface area contributed by atoms with Gasteiger partial charge in [0.05, 0.1) is 16.8 Å². The van der Waals surface area contributed by atoms with Crippen LogP contribution >= 0.6 is 0 Å². The van der Waals surface area contributed by atoms with E-state index in [2.05, 4.69) is 24.0 Å². The van der Waals surface area contributed by atoms with E-state index in [0.717, 1.165) is 23.7 Å². The molecule has 1 heterocycles. The number of anilines is 1. The third-order valence-corrected chi connectivity index (χ3v) is 2.66. The highest BCUT2D eigenvalue weighted by Gasteiger charge is 2.07. The minimum atomic E-state index is 0.446. The minimum absolute atomic E-state index is 0.446. The van der Waals surface area contributed by atoms with E-state index >= 15 is 0 Å². The van der Waals surface area contributed by atoms with Crippen LogP contribution in [-0.2, 0) is 6.42 Å². The zero-order valence-electron chi connectivity index (χ0n) is 9.20. The van der Waals surface area contributed by atoms with E-state index in [9.17, 15) is 0 Å². The van der Waals surface area contributed by atoms with Crippen LogP contribution in [0.25, 0.3) is 10.9 Å². The lowest BCUT2D eigenvalue weighted by atomic mass is 10.0. The molecule has 80 valence electrons. The molecule has 1 aromatic heterocycles. The Balaban J connectivity index is 2.73. The number of nitrogens with zero attached hydrogens (tertiary/aromatic N) is 2. The van der Waals surface area contributed by atoms with Crippen molar-refractivity contribution in [2.24, 2.45) is 0 Å². The van der Waals surface area contributed by atoms with Crippen molar-refractivity contribution in [1.82, 2.24) is 4.98 Å². The first-order chi connectivity index (χ1) is 7.77. The molecular weight excluding hydrogens is 198 g/mol. The molecule has 0 fully saturated rings. The molecular formula is C13H13N3. The van der Waals surface area contributed by atoms with Gasteiger partial charge in [0.2, 0.25) is 0 Å². The molecule has 0 aliphatic carbocycles. The average molecular weight is 211 g/mol. The number of nitrogens with two attached hydrogens (primary N) is 1. The summed E-state index contributed by atoms with van der Waals surface area (Å²) in [5.74, 6) is 0. The molecule has 0 atom stereocenters. The highest BCUT2D eigenvalue weighted by molar-refractivity contribution is 5.94. The van der Waals surface area contributed by atoms with Crippen LogP contribution in [-0.4, -0.2) is 4.98 Å². The highest BCUT2D eigenvalue weighted by Crippen LogP contribution is 2.25. The number of pyridine rings is 1. The Morgan fingerprint density at radius 1 is 1.44 bits per heavy atom. The molecule has 3 heteroatoms. The van der Waals surface area contributed by atoms with Gasteiger partial charge in [0.1, 0.15) is 6.07 Å². The van der Waals surface area contributed by atoms with Crippen LogP contribution in [0.1, 0.15) is 24.5 Å². The second kappa shape index (κ2) is 4.19. The number of rotatable bonds is 2. The lowest BCUT2D eigenvalue weighted by Crippen LogP contribution is -1.96. The second-order valence-corrected chi connectivity index (χ2v) is 3.76. The quantitative estimate of drug-likeness (QED) is 0.830. The van der Waals surface area contributed by atoms with Gasteiger partial charge in [0.15, 0.2) is 0 Å². The molecule has 0 aliphatic rings. The number of nitrogen functional groups attached to an aromatic ring is 1. The first-order valence-corrected chi connectivity index (χ1v) is 5.34. The van der Waals surface area contributed by atoms with E-state index in [0.29, 0.717) is 11.3 Å². The fourth-order valence-corrected chi connectivity index (χ4v) is 1.87. The fourth-order valence-electron chi connectivity index (χ4n) is 1.87. The van der Waals surface area contributed by atoms with Gasteiger partial charge in [-0.05, 0) is 12.0 Å². The Kier molecular flexibility index (Phi) is 2.74. The molecule has 16 heavy (non-hydrogen) atoms. The molecule has 2 rings (SSSR count). The molecule has 2 aromatic rings. The third kappa shape index (κ3) is 1.59. The molecule has 0 amide bonds. The number of benzene rings is 1. The van der Waals surface area contributed by atoms with Gasteiger partial charge in [-0.3, -0.25) is 4.98 Å². The summed E-state index contributed by atoms with van der Waals surface area (Å²) in [4.78, 5) is 4.33. The summed E-state index contributed by atoms with van der Waals surface area (Å²) >= 11 is 0. The number of hydrogen-bond acceptors (Lipinski definition) is 3. The van der Waals surface area contributed by atoms with Crippen molar-refractivity contribution in [1.29, 1.82) is 5.26 Å². The van der Waals surface area contributed by atoms with Crippen LogP contribution in [0.5, 0.6) is 0 Å². The number of aryl methyl sites for hydroxylation is 1. The van der Waals surface area contributed by atoms with Crippen LogP contribution in [0.15, 0.2) is 24.4 Å². The number of hydrogen-bond donors (Lipinski definition) is 1. The predicted octanol–water partition coefficient (Wildman–Crippen LogP) is 2.64. The van der Waals surface area contributed by atoms with Crippen LogP contribution in [0.4, 0.5) is 5.69 Å². The Labute approximate surface area is 94.5 Å². The van der Waals surface area contributed by atoms with Crippen molar-refractivity contribution in [3.8, 4) is 6.07 Å². The van der Waals surface area contributed by atoms with Gasteiger partial charge in [-0.1, -0.05) is 31.5 Å². The molecule has 0 saturated heterocycles. The van der Waals surface area contributed by atoms with Crippen molar-refractivity contribution in [3.05, 3.63) is 35.5 Å². The van der Waals surface area contributed by atoms with E-state index in [1.165, 1.54) is 5.56 Å². The van der Waals surface area contributed by atoms with Crippen molar-refractivity contribution in [2.45, 2.75) is 19.8 Å². The molecule has 1 aromatic carbocycles. The van der Waals surface area contributed by atoms with Crippen molar-refractivity contribution in [3.63, 3.8) is 0 Å². The van der Waals surface area contributed by atoms with Crippen molar-refractivity contribution < 1.29 is 0 Å². The molecule has 2 N–H and O–H groups in total. The lowest BCUT2D eigenvalue weighted by molar-refractivity contribution is 0.926. The normalized spacial score (nSPS) is 10.2. The lowest BCUT2D eigenvalue weighted by Gasteiger charge is -2.07. The predicted molar refractivity (Wildman–Crippen MR) is 64.9 cm³/mol. The number of para-hydroxylation sites is 1. The summed E-state index contributed by atoms with van der Waals surface area (Å²) in [6.07, 6.45) is 3.60. The highest BCUT2D eigenvalue weighted by atomic mass is 14.7. The Morgan fingerprint density at radius 3 is 2.94 bits per heavy atom. The Bertz CT molecular complexity index is 567. The number of fused-ring (bicyclic) bond motifs is 1. The second-order valence-electron chi connectivity index (χ2n) is 3.76. The van der Waals surface area contributed by atoms with E-state index in [1.807, 2.05) is 12.1 Å². The van der Waals surface area contributed by atoms with Gasteiger partial charge >= 0.3 is 0 Å². The summed E-state index contributed by atoms with van der Waals surface area (Å²) in [5.41, 5.74) is 9.02. The van der Waals surface area contributed by atoms with E-state index in [-0.39, 0.29) is 0 Å². The topological polar surface area (TPSA) is 62.7 Å². The van der Waals surface area contributed by atoms with Gasteiger partial charge in [-0.2, -0.15) is 5.26 Å². The smallest absolute Gasteiger partial charge is 0.103 e. The van der Waals surface area contributed by atoms with Gasteiger partial charge in [-0.25, -0.2) is 0 Å². The van der Waals surface area contributed by atoms with E-state index < -0.39 is 0 Å². The average Bonchev–Trinajstić information content (AvgIpc) is 2.31. The maximum absolute atomic E-state index is 8.88. The van der Waals surface area contributed by atoms with Gasteiger partial charge in [0.25, 0.3) is 0 Å². The summed E-state index contributed by atoms with van der Waals surface area (Å²) in [6.45, 7) is 2.13. The number of aromatic nitrogens is 1. The Morgan fingerprint density at radius 2 is 2.25 bits per heavy atom. The van der Waals surface area contributed by atoms with Crippen LogP contribution < -0.4 is 5.73 Å². The molecule has 0 aliphatic heterocycles. The molecule has 0 bridgehead atoms. The number of nitriles is 1. The summed E-state index contributed by atoms with van der Waals surface area (Å²) in [7, 11) is 0. The van der Waals surface area contributed by atoms with Gasteiger partial charge < -0.3 is 5.73 Å². The zero-order valence-corrected chi connectivity index (χ0v) is 9.20. The molecule has 0 saturated carbocycles. The first kappa shape index (κ1) is 10.4. The van der Waals surface area contributed by atoms with Crippen LogP contribution in [0, 0.1) is 11.3 Å². The van der Waals surface area contributed by atoms with Gasteiger partial charge in [0, 0.05) is 11.6 Å². The summed E-state index contributed by atoms with van der Waals surface area (Å²) < 4.78 is 0.